The molecule has 0 amide bonds. The SMILES string of the molecule is COC(OC)C(=O)c1ccccc1. The predicted molar refractivity (Wildman–Crippen MR) is 48.6 cm³/mol. The molecule has 0 aliphatic rings. The van der Waals surface area contributed by atoms with Crippen LogP contribution in [0.25, 0.3) is 0 Å². The average molecular weight is 180 g/mol. The van der Waals surface area contributed by atoms with E-state index in [1.165, 1.54) is 14.2 Å². The third-order valence-electron chi connectivity index (χ3n) is 1.70. The van der Waals surface area contributed by atoms with Crippen LogP contribution >= 0.6 is 0 Å². The second-order valence-electron chi connectivity index (χ2n) is 2.53. The molecule has 0 spiro atoms. The zero-order valence-corrected chi connectivity index (χ0v) is 7.69. The Balaban J connectivity index is 2.78. The first-order valence-corrected chi connectivity index (χ1v) is 3.94. The number of carbonyl (C=O) groups is 1. The molecule has 0 heterocycles. The fourth-order valence-electron chi connectivity index (χ4n) is 1.05. The fourth-order valence-corrected chi connectivity index (χ4v) is 1.05. The van der Waals surface area contributed by atoms with Gasteiger partial charge in [-0.3, -0.25) is 4.79 Å². The monoisotopic (exact) mass is 180 g/mol. The molecule has 70 valence electrons. The molecule has 0 bridgehead atoms. The lowest BCUT2D eigenvalue weighted by molar-refractivity contribution is -0.0742. The summed E-state index contributed by atoms with van der Waals surface area (Å²) in [7, 11) is 2.88. The van der Waals surface area contributed by atoms with Crippen LogP contribution in [0.15, 0.2) is 30.3 Å². The first-order chi connectivity index (χ1) is 6.29. The fraction of sp³-hybridized carbons (Fsp3) is 0.300. The van der Waals surface area contributed by atoms with Gasteiger partial charge in [-0.15, -0.1) is 0 Å². The Morgan fingerprint density at radius 2 is 1.69 bits per heavy atom. The van der Waals surface area contributed by atoms with Crippen LogP contribution in [0.3, 0.4) is 0 Å². The summed E-state index contributed by atoms with van der Waals surface area (Å²) in [5.41, 5.74) is 0.594. The van der Waals surface area contributed by atoms with Gasteiger partial charge in [-0.25, -0.2) is 0 Å². The van der Waals surface area contributed by atoms with E-state index in [2.05, 4.69) is 0 Å². The molecule has 1 aromatic carbocycles. The number of Topliss-reactive ketones (excluding diaryl/α,β-unsaturated/α-hetero) is 1. The molecule has 1 aromatic rings. The van der Waals surface area contributed by atoms with Gasteiger partial charge in [0.1, 0.15) is 0 Å². The van der Waals surface area contributed by atoms with E-state index in [0.29, 0.717) is 5.56 Å². The first-order valence-electron chi connectivity index (χ1n) is 3.94. The summed E-state index contributed by atoms with van der Waals surface area (Å²) >= 11 is 0. The van der Waals surface area contributed by atoms with Crippen molar-refractivity contribution in [3.63, 3.8) is 0 Å². The molecular formula is C10H12O3. The van der Waals surface area contributed by atoms with Crippen LogP contribution in [0, 0.1) is 0 Å². The third-order valence-corrected chi connectivity index (χ3v) is 1.70. The molecule has 3 heteroatoms. The van der Waals surface area contributed by atoms with Gasteiger partial charge in [-0.2, -0.15) is 0 Å². The number of ether oxygens (including phenoxy) is 2. The highest BCUT2D eigenvalue weighted by atomic mass is 16.7. The molecule has 0 radical (unpaired) electrons. The molecule has 0 aromatic heterocycles. The lowest BCUT2D eigenvalue weighted by Crippen LogP contribution is -2.24. The van der Waals surface area contributed by atoms with Crippen molar-refractivity contribution in [3.8, 4) is 0 Å². The Labute approximate surface area is 77.3 Å². The van der Waals surface area contributed by atoms with Gasteiger partial charge >= 0.3 is 0 Å². The molecule has 13 heavy (non-hydrogen) atoms. The summed E-state index contributed by atoms with van der Waals surface area (Å²) in [5, 5.41) is 0. The maximum Gasteiger partial charge on any atom is 0.222 e. The van der Waals surface area contributed by atoms with Crippen LogP contribution < -0.4 is 0 Å². The van der Waals surface area contributed by atoms with E-state index >= 15 is 0 Å². The van der Waals surface area contributed by atoms with Gasteiger partial charge in [0, 0.05) is 19.8 Å². The van der Waals surface area contributed by atoms with Crippen molar-refractivity contribution in [1.29, 1.82) is 0 Å². The minimum Gasteiger partial charge on any atom is -0.349 e. The Morgan fingerprint density at radius 1 is 1.15 bits per heavy atom. The topological polar surface area (TPSA) is 35.5 Å². The molecule has 0 saturated carbocycles. The van der Waals surface area contributed by atoms with E-state index in [9.17, 15) is 4.79 Å². The first kappa shape index (κ1) is 9.89. The van der Waals surface area contributed by atoms with E-state index < -0.39 is 6.29 Å². The van der Waals surface area contributed by atoms with Crippen LogP contribution in [0.1, 0.15) is 10.4 Å². The van der Waals surface area contributed by atoms with Crippen molar-refractivity contribution in [3.05, 3.63) is 35.9 Å². The lowest BCUT2D eigenvalue weighted by Gasteiger charge is -2.11. The van der Waals surface area contributed by atoms with Crippen molar-refractivity contribution in [1.82, 2.24) is 0 Å². The highest BCUT2D eigenvalue weighted by Gasteiger charge is 2.17. The van der Waals surface area contributed by atoms with Crippen LogP contribution in [-0.4, -0.2) is 26.3 Å². The van der Waals surface area contributed by atoms with Crippen LogP contribution in [0.4, 0.5) is 0 Å². The number of hydrogen-bond acceptors (Lipinski definition) is 3. The highest BCUT2D eigenvalue weighted by Crippen LogP contribution is 2.05. The van der Waals surface area contributed by atoms with Gasteiger partial charge in [0.2, 0.25) is 12.1 Å². The molecule has 0 fully saturated rings. The number of hydrogen-bond donors (Lipinski definition) is 0. The Kier molecular flexibility index (Phi) is 3.61. The van der Waals surface area contributed by atoms with E-state index in [1.807, 2.05) is 6.07 Å². The molecule has 1 rings (SSSR count). The smallest absolute Gasteiger partial charge is 0.222 e. The number of carbonyl (C=O) groups excluding carboxylic acids is 1. The zero-order chi connectivity index (χ0) is 9.68. The van der Waals surface area contributed by atoms with Crippen molar-refractivity contribution < 1.29 is 14.3 Å². The van der Waals surface area contributed by atoms with Crippen molar-refractivity contribution in [2.24, 2.45) is 0 Å². The summed E-state index contributed by atoms with van der Waals surface area (Å²) in [5.74, 6) is -0.161. The molecule has 0 N–H and O–H groups in total. The highest BCUT2D eigenvalue weighted by molar-refractivity contribution is 5.98. The van der Waals surface area contributed by atoms with E-state index in [-0.39, 0.29) is 5.78 Å². The number of methoxy groups -OCH3 is 2. The van der Waals surface area contributed by atoms with Gasteiger partial charge in [0.05, 0.1) is 0 Å². The third kappa shape index (κ3) is 2.37. The average Bonchev–Trinajstić information content (AvgIpc) is 2.21. The molecule has 3 nitrogen and oxygen atoms in total. The standard InChI is InChI=1S/C10H12O3/c1-12-10(13-2)9(11)8-6-4-3-5-7-8/h3-7,10H,1-2H3. The van der Waals surface area contributed by atoms with Crippen LogP contribution in [0.2, 0.25) is 0 Å². The van der Waals surface area contributed by atoms with Gasteiger partial charge in [-0.05, 0) is 0 Å². The maximum absolute atomic E-state index is 11.6. The number of ketones is 1. The van der Waals surface area contributed by atoms with Crippen LogP contribution in [-0.2, 0) is 9.47 Å². The summed E-state index contributed by atoms with van der Waals surface area (Å²) in [4.78, 5) is 11.6. The van der Waals surface area contributed by atoms with Crippen molar-refractivity contribution in [2.75, 3.05) is 14.2 Å². The summed E-state index contributed by atoms with van der Waals surface area (Å²) in [6.45, 7) is 0. The van der Waals surface area contributed by atoms with Gasteiger partial charge in [0.15, 0.2) is 0 Å². The Bertz CT molecular complexity index is 265. The van der Waals surface area contributed by atoms with Gasteiger partial charge in [-0.1, -0.05) is 30.3 Å². The quantitative estimate of drug-likeness (QED) is 0.520. The largest absolute Gasteiger partial charge is 0.349 e. The molecule has 0 atom stereocenters. The predicted octanol–water partition coefficient (Wildman–Crippen LogP) is 1.49. The van der Waals surface area contributed by atoms with E-state index in [0.717, 1.165) is 0 Å². The van der Waals surface area contributed by atoms with E-state index in [4.69, 9.17) is 9.47 Å². The summed E-state index contributed by atoms with van der Waals surface area (Å²) in [6, 6.07) is 8.91. The molecule has 0 aliphatic heterocycles. The summed E-state index contributed by atoms with van der Waals surface area (Å²) < 4.78 is 9.69. The maximum atomic E-state index is 11.6. The Hall–Kier alpha value is -1.19. The van der Waals surface area contributed by atoms with Crippen molar-refractivity contribution >= 4 is 5.78 Å². The minimum atomic E-state index is -0.803. The molecule has 0 saturated heterocycles. The second-order valence-corrected chi connectivity index (χ2v) is 2.53. The van der Waals surface area contributed by atoms with Gasteiger partial charge in [0.25, 0.3) is 0 Å². The summed E-state index contributed by atoms with van der Waals surface area (Å²) in [6.07, 6.45) is -0.803. The number of rotatable bonds is 4. The minimum absolute atomic E-state index is 0.161. The van der Waals surface area contributed by atoms with E-state index in [1.54, 1.807) is 24.3 Å². The van der Waals surface area contributed by atoms with Crippen molar-refractivity contribution in [2.45, 2.75) is 6.29 Å². The van der Waals surface area contributed by atoms with Crippen LogP contribution in [0.5, 0.6) is 0 Å². The van der Waals surface area contributed by atoms with Gasteiger partial charge < -0.3 is 9.47 Å². The number of benzene rings is 1. The Morgan fingerprint density at radius 3 is 2.15 bits per heavy atom. The normalized spacial score (nSPS) is 10.4. The lowest BCUT2D eigenvalue weighted by atomic mass is 10.1. The zero-order valence-electron chi connectivity index (χ0n) is 7.69. The molecule has 0 unspecified atom stereocenters. The molecular weight excluding hydrogens is 168 g/mol. The second kappa shape index (κ2) is 4.74. The molecule has 0 aliphatic carbocycles.